The van der Waals surface area contributed by atoms with Crippen LogP contribution in [0.4, 0.5) is 0 Å². The van der Waals surface area contributed by atoms with Gasteiger partial charge in [-0.05, 0) is 38.5 Å². The number of nitrogens with zero attached hydrogens (tertiary/aromatic N) is 1. The lowest BCUT2D eigenvalue weighted by Gasteiger charge is -2.26. The lowest BCUT2D eigenvalue weighted by molar-refractivity contribution is -0.129. The van der Waals surface area contributed by atoms with Gasteiger partial charge in [-0.25, -0.2) is 0 Å². The molecule has 0 aromatic heterocycles. The van der Waals surface area contributed by atoms with Crippen molar-refractivity contribution in [2.45, 2.75) is 38.8 Å². The van der Waals surface area contributed by atoms with Crippen LogP contribution < -0.4 is 10.5 Å². The number of rotatable bonds is 3. The molecule has 0 radical (unpaired) electrons. The first-order valence-corrected chi connectivity index (χ1v) is 8.56. The van der Waals surface area contributed by atoms with Gasteiger partial charge < -0.3 is 15.4 Å². The molecule has 2 atom stereocenters. The van der Waals surface area contributed by atoms with Gasteiger partial charge in [0.1, 0.15) is 5.75 Å². The number of hydrogen-bond donors (Lipinski definition) is 1. The Balaban J connectivity index is 0.000000269. The summed E-state index contributed by atoms with van der Waals surface area (Å²) in [6.07, 6.45) is 0.424. The van der Waals surface area contributed by atoms with E-state index >= 15 is 0 Å². The Morgan fingerprint density at radius 3 is 2.12 bits per heavy atom. The van der Waals surface area contributed by atoms with Gasteiger partial charge in [0.15, 0.2) is 0 Å². The fourth-order valence-corrected chi connectivity index (χ4v) is 2.93. The van der Waals surface area contributed by atoms with Crippen molar-refractivity contribution in [1.29, 1.82) is 0 Å². The largest absolute Gasteiger partial charge is 0.497 e. The van der Waals surface area contributed by atoms with Crippen LogP contribution in [0, 0.1) is 6.92 Å². The van der Waals surface area contributed by atoms with Crippen LogP contribution in [0.5, 0.6) is 5.75 Å². The number of methoxy groups -OCH3 is 1. The molecular weight excluding hydrogens is 312 g/mol. The Morgan fingerprint density at radius 1 is 1.12 bits per heavy atom. The van der Waals surface area contributed by atoms with E-state index in [4.69, 9.17) is 10.5 Å². The van der Waals surface area contributed by atoms with Crippen LogP contribution in [-0.4, -0.2) is 30.0 Å². The zero-order valence-electron chi connectivity index (χ0n) is 15.5. The second kappa shape index (κ2) is 8.17. The van der Waals surface area contributed by atoms with Crippen molar-refractivity contribution < 1.29 is 9.53 Å². The van der Waals surface area contributed by atoms with E-state index in [0.717, 1.165) is 11.3 Å². The predicted molar refractivity (Wildman–Crippen MR) is 102 cm³/mol. The molecule has 134 valence electrons. The Morgan fingerprint density at radius 2 is 1.72 bits per heavy atom. The van der Waals surface area contributed by atoms with Crippen molar-refractivity contribution in [3.63, 3.8) is 0 Å². The molecule has 1 amide bonds. The maximum Gasteiger partial charge on any atom is 0.225 e. The normalized spacial score (nSPS) is 20.7. The Labute approximate surface area is 150 Å². The summed E-state index contributed by atoms with van der Waals surface area (Å²) in [5, 5.41) is 0. The maximum absolute atomic E-state index is 11.9. The van der Waals surface area contributed by atoms with Crippen molar-refractivity contribution in [2.24, 2.45) is 5.73 Å². The standard InChI is InChI=1S/C14H20N2O2.C7H8/c1-10(11-4-6-12(18-3)7-5-11)16-9-14(2,15)8-13(16)17;1-7-5-3-2-4-6-7/h4-7,10H,8-9,15H2,1-3H3;2-6H,1H3/t10-,14?;/m0./s1. The molecule has 3 rings (SSSR count). The third-order valence-corrected chi connectivity index (χ3v) is 4.41. The van der Waals surface area contributed by atoms with Crippen LogP contribution >= 0.6 is 0 Å². The fraction of sp³-hybridized carbons (Fsp3) is 0.381. The summed E-state index contributed by atoms with van der Waals surface area (Å²) in [5.74, 6) is 0.950. The molecule has 1 aliphatic rings. The average Bonchev–Trinajstić information content (AvgIpc) is 2.88. The monoisotopic (exact) mass is 340 g/mol. The topological polar surface area (TPSA) is 55.6 Å². The first-order valence-electron chi connectivity index (χ1n) is 8.56. The zero-order valence-corrected chi connectivity index (χ0v) is 15.5. The second-order valence-corrected chi connectivity index (χ2v) is 6.96. The van der Waals surface area contributed by atoms with Crippen LogP contribution in [0.3, 0.4) is 0 Å². The van der Waals surface area contributed by atoms with Gasteiger partial charge in [-0.15, -0.1) is 0 Å². The summed E-state index contributed by atoms with van der Waals surface area (Å²) < 4.78 is 5.13. The summed E-state index contributed by atoms with van der Waals surface area (Å²) in [5.41, 5.74) is 8.05. The van der Waals surface area contributed by atoms with Crippen LogP contribution in [0.25, 0.3) is 0 Å². The molecule has 0 aliphatic carbocycles. The van der Waals surface area contributed by atoms with E-state index in [-0.39, 0.29) is 11.9 Å². The highest BCUT2D eigenvalue weighted by molar-refractivity contribution is 5.80. The number of ether oxygens (including phenoxy) is 1. The molecule has 1 fully saturated rings. The summed E-state index contributed by atoms with van der Waals surface area (Å²) >= 11 is 0. The lowest BCUT2D eigenvalue weighted by Crippen LogP contribution is -2.39. The van der Waals surface area contributed by atoms with E-state index in [9.17, 15) is 4.79 Å². The maximum atomic E-state index is 11.9. The van der Waals surface area contributed by atoms with E-state index in [1.807, 2.05) is 61.2 Å². The highest BCUT2D eigenvalue weighted by Gasteiger charge is 2.38. The number of carbonyl (C=O) groups excluding carboxylic acids is 1. The van der Waals surface area contributed by atoms with Crippen molar-refractivity contribution in [1.82, 2.24) is 4.90 Å². The average molecular weight is 340 g/mol. The van der Waals surface area contributed by atoms with Gasteiger partial charge in [-0.2, -0.15) is 0 Å². The molecule has 4 nitrogen and oxygen atoms in total. The fourth-order valence-electron chi connectivity index (χ4n) is 2.93. The van der Waals surface area contributed by atoms with Crippen LogP contribution in [0.2, 0.25) is 0 Å². The van der Waals surface area contributed by atoms with E-state index in [0.29, 0.717) is 13.0 Å². The minimum atomic E-state index is -0.405. The third-order valence-electron chi connectivity index (χ3n) is 4.41. The zero-order chi connectivity index (χ0) is 18.4. The molecule has 1 unspecified atom stereocenters. The molecule has 2 aromatic rings. The molecular formula is C21H28N2O2. The smallest absolute Gasteiger partial charge is 0.225 e. The molecule has 0 saturated carbocycles. The molecule has 4 heteroatoms. The second-order valence-electron chi connectivity index (χ2n) is 6.96. The number of benzene rings is 2. The van der Waals surface area contributed by atoms with Crippen molar-refractivity contribution in [3.05, 3.63) is 65.7 Å². The number of likely N-dealkylation sites (tertiary alicyclic amines) is 1. The lowest BCUT2D eigenvalue weighted by atomic mass is 10.0. The van der Waals surface area contributed by atoms with Gasteiger partial charge in [0.25, 0.3) is 0 Å². The number of aryl methyl sites for hydroxylation is 1. The molecule has 1 aliphatic heterocycles. The minimum absolute atomic E-state index is 0.0498. The first kappa shape index (κ1) is 19.0. The Hall–Kier alpha value is -2.33. The van der Waals surface area contributed by atoms with Gasteiger partial charge in [0.2, 0.25) is 5.91 Å². The third kappa shape index (κ3) is 5.33. The summed E-state index contributed by atoms with van der Waals surface area (Å²) in [6.45, 7) is 6.64. The molecule has 1 heterocycles. The van der Waals surface area contributed by atoms with Crippen molar-refractivity contribution >= 4 is 5.91 Å². The molecule has 0 spiro atoms. The van der Waals surface area contributed by atoms with E-state index < -0.39 is 5.54 Å². The van der Waals surface area contributed by atoms with Gasteiger partial charge in [0, 0.05) is 18.5 Å². The number of amides is 1. The summed E-state index contributed by atoms with van der Waals surface area (Å²) in [7, 11) is 1.64. The van der Waals surface area contributed by atoms with Gasteiger partial charge in [-0.3, -0.25) is 4.79 Å². The van der Waals surface area contributed by atoms with Gasteiger partial charge >= 0.3 is 0 Å². The highest BCUT2D eigenvalue weighted by Crippen LogP contribution is 2.29. The van der Waals surface area contributed by atoms with Gasteiger partial charge in [0.05, 0.1) is 13.2 Å². The SMILES string of the molecule is COc1ccc([C@H](C)N2CC(C)(N)CC2=O)cc1.Cc1ccccc1. The summed E-state index contributed by atoms with van der Waals surface area (Å²) in [6, 6.07) is 18.1. The summed E-state index contributed by atoms with van der Waals surface area (Å²) in [4.78, 5) is 13.8. The number of carbonyl (C=O) groups is 1. The quantitative estimate of drug-likeness (QED) is 0.927. The van der Waals surface area contributed by atoms with Crippen molar-refractivity contribution in [3.8, 4) is 5.75 Å². The predicted octanol–water partition coefficient (Wildman–Crippen LogP) is 3.70. The highest BCUT2D eigenvalue weighted by atomic mass is 16.5. The first-order chi connectivity index (χ1) is 11.8. The molecule has 1 saturated heterocycles. The van der Waals surface area contributed by atoms with Crippen LogP contribution in [0.1, 0.15) is 37.4 Å². The van der Waals surface area contributed by atoms with Crippen LogP contribution in [0.15, 0.2) is 54.6 Å². The number of hydrogen-bond acceptors (Lipinski definition) is 3. The Bertz CT molecular complexity index is 681. The van der Waals surface area contributed by atoms with E-state index in [1.54, 1.807) is 7.11 Å². The Kier molecular flexibility index (Phi) is 6.21. The number of nitrogens with two attached hydrogens (primary N) is 1. The van der Waals surface area contributed by atoms with Crippen molar-refractivity contribution in [2.75, 3.05) is 13.7 Å². The molecule has 0 bridgehead atoms. The molecule has 2 N–H and O–H groups in total. The van der Waals surface area contributed by atoms with E-state index in [2.05, 4.69) is 19.1 Å². The molecule has 2 aromatic carbocycles. The van der Waals surface area contributed by atoms with Gasteiger partial charge in [-0.1, -0.05) is 48.0 Å². The van der Waals surface area contributed by atoms with Crippen LogP contribution in [-0.2, 0) is 4.79 Å². The minimum Gasteiger partial charge on any atom is -0.497 e. The molecule has 25 heavy (non-hydrogen) atoms. The van der Waals surface area contributed by atoms with E-state index in [1.165, 1.54) is 5.56 Å².